The summed E-state index contributed by atoms with van der Waals surface area (Å²) in [6.07, 6.45) is 0. The number of thiophene rings is 1. The number of nitrogens with one attached hydrogen (secondary N) is 1. The quantitative estimate of drug-likeness (QED) is 0.632. The smallest absolute Gasteiger partial charge is 0.237 e. The van der Waals surface area contributed by atoms with Crippen molar-refractivity contribution in [2.24, 2.45) is 5.73 Å². The van der Waals surface area contributed by atoms with Gasteiger partial charge in [0.2, 0.25) is 11.7 Å². The lowest BCUT2D eigenvalue weighted by Gasteiger charge is -1.90. The average Bonchev–Trinajstić information content (AvgIpc) is 2.85. The van der Waals surface area contributed by atoms with E-state index in [1.165, 1.54) is 0 Å². The van der Waals surface area contributed by atoms with Crippen LogP contribution < -0.4 is 5.73 Å². The predicted octanol–water partition coefficient (Wildman–Crippen LogP) is 1.92. The number of nitrogens with two attached hydrogens (primary N) is 1. The van der Waals surface area contributed by atoms with E-state index in [4.69, 9.17) is 15.7 Å². The second kappa shape index (κ2) is 4.45. The van der Waals surface area contributed by atoms with Gasteiger partial charge < -0.3 is 10.3 Å². The highest BCUT2D eigenvalue weighted by atomic mass is 32.2. The molecule has 2 heterocycles. The van der Waals surface area contributed by atoms with E-state index < -0.39 is 0 Å². The van der Waals surface area contributed by atoms with Gasteiger partial charge in [-0.2, -0.15) is 4.98 Å². The van der Waals surface area contributed by atoms with Crippen LogP contribution in [-0.2, 0) is 5.75 Å². The molecule has 0 saturated heterocycles. The Labute approximate surface area is 94.2 Å². The molecule has 0 atom stereocenters. The highest BCUT2D eigenvalue weighted by Crippen LogP contribution is 2.22. The summed E-state index contributed by atoms with van der Waals surface area (Å²) < 4.78 is 5.01. The molecule has 3 N–H and O–H groups in total. The van der Waals surface area contributed by atoms with E-state index in [9.17, 15) is 0 Å². The highest BCUT2D eigenvalue weighted by molar-refractivity contribution is 8.12. The van der Waals surface area contributed by atoms with E-state index in [1.807, 2.05) is 17.5 Å². The summed E-state index contributed by atoms with van der Waals surface area (Å²) >= 11 is 2.72. The molecule has 0 radical (unpaired) electrons. The molecule has 2 rings (SSSR count). The number of nitrogens with zero attached hydrogens (tertiary/aromatic N) is 2. The zero-order valence-corrected chi connectivity index (χ0v) is 9.27. The summed E-state index contributed by atoms with van der Waals surface area (Å²) in [4.78, 5) is 5.15. The van der Waals surface area contributed by atoms with Gasteiger partial charge >= 0.3 is 0 Å². The zero-order chi connectivity index (χ0) is 10.7. The summed E-state index contributed by atoms with van der Waals surface area (Å²) in [7, 11) is 0. The molecule has 5 nitrogen and oxygen atoms in total. The van der Waals surface area contributed by atoms with Crippen LogP contribution in [-0.4, -0.2) is 15.3 Å². The van der Waals surface area contributed by atoms with Crippen LogP contribution >= 0.6 is 23.1 Å². The van der Waals surface area contributed by atoms with Crippen LogP contribution in [0.2, 0.25) is 0 Å². The molecule has 78 valence electrons. The summed E-state index contributed by atoms with van der Waals surface area (Å²) in [6.45, 7) is 0. The molecular weight excluding hydrogens is 232 g/mol. The lowest BCUT2D eigenvalue weighted by molar-refractivity contribution is 0.392. The third kappa shape index (κ3) is 2.57. The van der Waals surface area contributed by atoms with Gasteiger partial charge in [-0.1, -0.05) is 23.0 Å². The Balaban J connectivity index is 2.08. The van der Waals surface area contributed by atoms with Crippen LogP contribution in [0.25, 0.3) is 10.7 Å². The van der Waals surface area contributed by atoms with Gasteiger partial charge in [0.05, 0.1) is 10.6 Å². The van der Waals surface area contributed by atoms with Crippen molar-refractivity contribution in [3.05, 3.63) is 23.4 Å². The Kier molecular flexibility index (Phi) is 3.02. The first-order chi connectivity index (χ1) is 7.25. The number of rotatable bonds is 3. The van der Waals surface area contributed by atoms with E-state index in [0.29, 0.717) is 17.5 Å². The second-order valence-electron chi connectivity index (χ2n) is 2.64. The molecule has 0 fully saturated rings. The Hall–Kier alpha value is -1.34. The van der Waals surface area contributed by atoms with Crippen LogP contribution in [0.4, 0.5) is 0 Å². The molecule has 15 heavy (non-hydrogen) atoms. The summed E-state index contributed by atoms with van der Waals surface area (Å²) in [6, 6.07) is 3.86. The Morgan fingerprint density at radius 1 is 1.67 bits per heavy atom. The van der Waals surface area contributed by atoms with Crippen molar-refractivity contribution in [3.63, 3.8) is 0 Å². The van der Waals surface area contributed by atoms with Gasteiger partial charge in [0.15, 0.2) is 5.17 Å². The molecule has 7 heteroatoms. The molecule has 2 aromatic rings. The molecule has 0 aromatic carbocycles. The molecule has 0 saturated carbocycles. The maximum absolute atomic E-state index is 7.04. The lowest BCUT2D eigenvalue weighted by Crippen LogP contribution is -2.03. The Morgan fingerprint density at radius 2 is 2.53 bits per heavy atom. The van der Waals surface area contributed by atoms with E-state index in [1.54, 1.807) is 11.3 Å². The summed E-state index contributed by atoms with van der Waals surface area (Å²) in [5.74, 6) is 1.51. The van der Waals surface area contributed by atoms with Crippen molar-refractivity contribution in [1.29, 1.82) is 5.41 Å². The fourth-order valence-electron chi connectivity index (χ4n) is 0.959. The third-order valence-corrected chi connectivity index (χ3v) is 3.13. The van der Waals surface area contributed by atoms with Crippen molar-refractivity contribution in [3.8, 4) is 10.7 Å². The molecule has 0 aliphatic rings. The first-order valence-corrected chi connectivity index (χ1v) is 5.95. The van der Waals surface area contributed by atoms with Gasteiger partial charge in [-0.15, -0.1) is 11.3 Å². The van der Waals surface area contributed by atoms with Crippen LogP contribution in [0, 0.1) is 5.41 Å². The predicted molar refractivity (Wildman–Crippen MR) is 60.8 cm³/mol. The highest BCUT2D eigenvalue weighted by Gasteiger charge is 2.09. The second-order valence-corrected chi connectivity index (χ2v) is 4.61. The molecule has 0 aliphatic heterocycles. The Morgan fingerprint density at radius 3 is 3.20 bits per heavy atom. The fourth-order valence-corrected chi connectivity index (χ4v) is 2.00. The van der Waals surface area contributed by atoms with E-state index in [-0.39, 0.29) is 5.17 Å². The van der Waals surface area contributed by atoms with Crippen LogP contribution in [0.15, 0.2) is 22.0 Å². The number of aromatic nitrogens is 2. The van der Waals surface area contributed by atoms with E-state index >= 15 is 0 Å². The van der Waals surface area contributed by atoms with Crippen molar-refractivity contribution in [2.75, 3.05) is 0 Å². The summed E-state index contributed by atoms with van der Waals surface area (Å²) in [5.41, 5.74) is 5.20. The van der Waals surface area contributed by atoms with E-state index in [0.717, 1.165) is 16.6 Å². The monoisotopic (exact) mass is 240 g/mol. The standard InChI is InChI=1S/C8H8N4OS2/c9-8(10)15-4-6-11-7(12-13-6)5-2-1-3-14-5/h1-3H,4H2,(H3,9,10). The van der Waals surface area contributed by atoms with Gasteiger partial charge in [-0.05, 0) is 11.4 Å². The van der Waals surface area contributed by atoms with Crippen molar-refractivity contribution >= 4 is 28.3 Å². The van der Waals surface area contributed by atoms with Crippen LogP contribution in [0.5, 0.6) is 0 Å². The molecular formula is C8H8N4OS2. The SMILES string of the molecule is N=C(N)SCc1nc(-c2cccs2)no1. The number of amidine groups is 1. The van der Waals surface area contributed by atoms with Gasteiger partial charge in [-0.25, -0.2) is 0 Å². The third-order valence-electron chi connectivity index (χ3n) is 1.56. The van der Waals surface area contributed by atoms with Crippen molar-refractivity contribution < 1.29 is 4.52 Å². The molecule has 0 aliphatic carbocycles. The largest absolute Gasteiger partial charge is 0.379 e. The lowest BCUT2D eigenvalue weighted by atomic mass is 10.4. The first-order valence-electron chi connectivity index (χ1n) is 4.09. The molecule has 0 amide bonds. The Bertz CT molecular complexity index is 451. The number of hydrogen-bond donors (Lipinski definition) is 2. The maximum Gasteiger partial charge on any atom is 0.237 e. The van der Waals surface area contributed by atoms with Gasteiger partial charge in [-0.3, -0.25) is 5.41 Å². The molecule has 0 spiro atoms. The molecule has 0 unspecified atom stereocenters. The van der Waals surface area contributed by atoms with Gasteiger partial charge in [0.25, 0.3) is 0 Å². The number of hydrogen-bond acceptors (Lipinski definition) is 6. The van der Waals surface area contributed by atoms with Crippen LogP contribution in [0.3, 0.4) is 0 Å². The van der Waals surface area contributed by atoms with Gasteiger partial charge in [0.1, 0.15) is 0 Å². The topological polar surface area (TPSA) is 88.8 Å². The van der Waals surface area contributed by atoms with Crippen molar-refractivity contribution in [1.82, 2.24) is 10.1 Å². The molecule has 2 aromatic heterocycles. The van der Waals surface area contributed by atoms with Crippen molar-refractivity contribution in [2.45, 2.75) is 5.75 Å². The first kappa shape index (κ1) is 10.2. The average molecular weight is 240 g/mol. The minimum Gasteiger partial charge on any atom is -0.379 e. The normalized spacial score (nSPS) is 10.4. The summed E-state index contributed by atoms with van der Waals surface area (Å²) in [5, 5.41) is 12.9. The van der Waals surface area contributed by atoms with E-state index in [2.05, 4.69) is 10.1 Å². The zero-order valence-electron chi connectivity index (χ0n) is 7.64. The van der Waals surface area contributed by atoms with Crippen LogP contribution in [0.1, 0.15) is 5.89 Å². The van der Waals surface area contributed by atoms with Gasteiger partial charge in [0, 0.05) is 0 Å². The minimum atomic E-state index is 0.0471. The fraction of sp³-hybridized carbons (Fsp3) is 0.125. The number of thioether (sulfide) groups is 1. The minimum absolute atomic E-state index is 0.0471. The maximum atomic E-state index is 7.04. The molecule has 0 bridgehead atoms.